The zero-order valence-corrected chi connectivity index (χ0v) is 13.1. The van der Waals surface area contributed by atoms with E-state index < -0.39 is 0 Å². The van der Waals surface area contributed by atoms with E-state index in [0.717, 1.165) is 13.0 Å². The van der Waals surface area contributed by atoms with E-state index in [9.17, 15) is 0 Å². The summed E-state index contributed by atoms with van der Waals surface area (Å²) >= 11 is 0. The van der Waals surface area contributed by atoms with Crippen LogP contribution in [0.5, 0.6) is 0 Å². The van der Waals surface area contributed by atoms with Crippen molar-refractivity contribution in [1.82, 2.24) is 4.90 Å². The SMILES string of the molecule is CC(C)N(C[C@@H](N)Cc1ccccc1)C(C)C.S. The molecule has 104 valence electrons. The van der Waals surface area contributed by atoms with Crippen LogP contribution in [0.25, 0.3) is 0 Å². The second-order valence-corrected chi connectivity index (χ2v) is 5.33. The topological polar surface area (TPSA) is 29.3 Å². The number of hydrogen-bond donors (Lipinski definition) is 1. The van der Waals surface area contributed by atoms with Crippen LogP contribution in [0.2, 0.25) is 0 Å². The van der Waals surface area contributed by atoms with Crippen LogP contribution in [-0.2, 0) is 6.42 Å². The Labute approximate surface area is 119 Å². The monoisotopic (exact) mass is 268 g/mol. The van der Waals surface area contributed by atoms with Crippen LogP contribution in [0.1, 0.15) is 33.3 Å². The second-order valence-electron chi connectivity index (χ2n) is 5.33. The summed E-state index contributed by atoms with van der Waals surface area (Å²) < 4.78 is 0. The lowest BCUT2D eigenvalue weighted by atomic mass is 10.1. The van der Waals surface area contributed by atoms with E-state index >= 15 is 0 Å². The molecular weight excluding hydrogens is 240 g/mol. The Hall–Kier alpha value is -0.510. The molecule has 0 bridgehead atoms. The largest absolute Gasteiger partial charge is 0.326 e. The fraction of sp³-hybridized carbons (Fsp3) is 0.600. The summed E-state index contributed by atoms with van der Waals surface area (Å²) in [6.45, 7) is 9.89. The highest BCUT2D eigenvalue weighted by molar-refractivity contribution is 7.59. The summed E-state index contributed by atoms with van der Waals surface area (Å²) in [5.41, 5.74) is 7.57. The van der Waals surface area contributed by atoms with Gasteiger partial charge in [0.05, 0.1) is 0 Å². The minimum Gasteiger partial charge on any atom is -0.326 e. The zero-order chi connectivity index (χ0) is 12.8. The smallest absolute Gasteiger partial charge is 0.0208 e. The van der Waals surface area contributed by atoms with Crippen molar-refractivity contribution in [3.63, 3.8) is 0 Å². The van der Waals surface area contributed by atoms with Crippen LogP contribution in [0.15, 0.2) is 30.3 Å². The highest BCUT2D eigenvalue weighted by atomic mass is 32.1. The molecule has 0 aliphatic rings. The quantitative estimate of drug-likeness (QED) is 0.859. The maximum atomic E-state index is 6.24. The highest BCUT2D eigenvalue weighted by Crippen LogP contribution is 2.08. The molecule has 1 aromatic rings. The minimum absolute atomic E-state index is 0. The van der Waals surface area contributed by atoms with Crippen molar-refractivity contribution in [1.29, 1.82) is 0 Å². The third-order valence-electron chi connectivity index (χ3n) is 3.11. The van der Waals surface area contributed by atoms with Crippen molar-refractivity contribution >= 4 is 13.5 Å². The number of nitrogens with zero attached hydrogens (tertiary/aromatic N) is 1. The molecule has 0 unspecified atom stereocenters. The van der Waals surface area contributed by atoms with Crippen molar-refractivity contribution in [2.24, 2.45) is 5.73 Å². The van der Waals surface area contributed by atoms with Crippen LogP contribution in [-0.4, -0.2) is 29.6 Å². The average molecular weight is 268 g/mol. The predicted octanol–water partition coefficient (Wildman–Crippen LogP) is 2.79. The number of rotatable bonds is 6. The van der Waals surface area contributed by atoms with E-state index in [4.69, 9.17) is 5.73 Å². The molecule has 3 heteroatoms. The first-order valence-electron chi connectivity index (χ1n) is 6.56. The molecule has 18 heavy (non-hydrogen) atoms. The number of nitrogens with two attached hydrogens (primary N) is 1. The third-order valence-corrected chi connectivity index (χ3v) is 3.11. The van der Waals surface area contributed by atoms with Gasteiger partial charge in [0.25, 0.3) is 0 Å². The molecule has 0 aliphatic carbocycles. The van der Waals surface area contributed by atoms with Crippen LogP contribution in [0.3, 0.4) is 0 Å². The van der Waals surface area contributed by atoms with Crippen molar-refractivity contribution < 1.29 is 0 Å². The van der Waals surface area contributed by atoms with Crippen molar-refractivity contribution in [2.75, 3.05) is 6.54 Å². The normalized spacial score (nSPS) is 12.9. The first-order valence-corrected chi connectivity index (χ1v) is 6.56. The van der Waals surface area contributed by atoms with Gasteiger partial charge in [-0.2, -0.15) is 13.5 Å². The van der Waals surface area contributed by atoms with E-state index in [2.05, 4.69) is 56.9 Å². The van der Waals surface area contributed by atoms with Gasteiger partial charge in [-0.15, -0.1) is 0 Å². The first kappa shape index (κ1) is 17.5. The maximum Gasteiger partial charge on any atom is 0.0208 e. The fourth-order valence-corrected chi connectivity index (χ4v) is 2.27. The summed E-state index contributed by atoms with van der Waals surface area (Å²) in [5.74, 6) is 0. The lowest BCUT2D eigenvalue weighted by molar-refractivity contribution is 0.164. The molecule has 0 heterocycles. The van der Waals surface area contributed by atoms with E-state index in [-0.39, 0.29) is 19.5 Å². The van der Waals surface area contributed by atoms with E-state index in [1.54, 1.807) is 0 Å². The average Bonchev–Trinajstić information content (AvgIpc) is 2.26. The van der Waals surface area contributed by atoms with Gasteiger partial charge in [0, 0.05) is 24.7 Å². The molecule has 0 fully saturated rings. The van der Waals surface area contributed by atoms with Crippen molar-refractivity contribution in [3.8, 4) is 0 Å². The molecule has 0 amide bonds. The molecule has 0 radical (unpaired) electrons. The Morgan fingerprint density at radius 3 is 1.94 bits per heavy atom. The summed E-state index contributed by atoms with van der Waals surface area (Å²) in [6.07, 6.45) is 0.955. The van der Waals surface area contributed by atoms with E-state index in [1.165, 1.54) is 5.56 Å². The van der Waals surface area contributed by atoms with Gasteiger partial charge in [0.2, 0.25) is 0 Å². The molecule has 2 nitrogen and oxygen atoms in total. The lowest BCUT2D eigenvalue weighted by Gasteiger charge is -2.32. The van der Waals surface area contributed by atoms with Gasteiger partial charge in [-0.05, 0) is 39.7 Å². The third kappa shape index (κ3) is 5.89. The zero-order valence-electron chi connectivity index (χ0n) is 12.1. The number of hydrogen-bond acceptors (Lipinski definition) is 2. The molecule has 0 aromatic heterocycles. The van der Waals surface area contributed by atoms with Gasteiger partial charge in [0.15, 0.2) is 0 Å². The molecule has 0 aliphatic heterocycles. The minimum atomic E-state index is 0. The van der Waals surface area contributed by atoms with Crippen LogP contribution < -0.4 is 5.73 Å². The van der Waals surface area contributed by atoms with Crippen LogP contribution in [0, 0.1) is 0 Å². The molecule has 0 spiro atoms. The van der Waals surface area contributed by atoms with Gasteiger partial charge in [-0.1, -0.05) is 30.3 Å². The molecule has 1 atom stereocenters. The van der Waals surface area contributed by atoms with Gasteiger partial charge < -0.3 is 5.73 Å². The Balaban J connectivity index is 0.00000289. The summed E-state index contributed by atoms with van der Waals surface area (Å²) in [7, 11) is 0. The van der Waals surface area contributed by atoms with Crippen LogP contribution in [0.4, 0.5) is 0 Å². The second kappa shape index (κ2) is 8.57. The van der Waals surface area contributed by atoms with E-state index in [1.807, 2.05) is 6.07 Å². The predicted molar refractivity (Wildman–Crippen MR) is 85.5 cm³/mol. The lowest BCUT2D eigenvalue weighted by Crippen LogP contribution is -2.45. The molecule has 2 N–H and O–H groups in total. The molecule has 1 rings (SSSR count). The first-order chi connectivity index (χ1) is 8.00. The van der Waals surface area contributed by atoms with Gasteiger partial charge in [-0.3, -0.25) is 4.90 Å². The van der Waals surface area contributed by atoms with Gasteiger partial charge >= 0.3 is 0 Å². The van der Waals surface area contributed by atoms with Gasteiger partial charge in [-0.25, -0.2) is 0 Å². The Morgan fingerprint density at radius 2 is 1.50 bits per heavy atom. The Kier molecular flexibility index (Phi) is 8.32. The molecule has 0 saturated carbocycles. The van der Waals surface area contributed by atoms with Gasteiger partial charge in [0.1, 0.15) is 0 Å². The molecule has 1 aromatic carbocycles. The molecule has 0 saturated heterocycles. The standard InChI is InChI=1S/C15H26N2.H2S/c1-12(2)17(13(3)4)11-15(16)10-14-8-6-5-7-9-14;/h5-9,12-13,15H,10-11,16H2,1-4H3;1H2/t15-;/m0./s1. The highest BCUT2D eigenvalue weighted by Gasteiger charge is 2.16. The number of benzene rings is 1. The van der Waals surface area contributed by atoms with E-state index in [0.29, 0.717) is 12.1 Å². The summed E-state index contributed by atoms with van der Waals surface area (Å²) in [6, 6.07) is 11.8. The molecular formula is C15H28N2S. The summed E-state index contributed by atoms with van der Waals surface area (Å²) in [5, 5.41) is 0. The Bertz CT molecular complexity index is 304. The Morgan fingerprint density at radius 1 is 1.00 bits per heavy atom. The maximum absolute atomic E-state index is 6.24. The van der Waals surface area contributed by atoms with Crippen molar-refractivity contribution in [2.45, 2.75) is 52.2 Å². The van der Waals surface area contributed by atoms with Crippen LogP contribution >= 0.6 is 13.5 Å². The van der Waals surface area contributed by atoms with Crippen molar-refractivity contribution in [3.05, 3.63) is 35.9 Å². The fourth-order valence-electron chi connectivity index (χ4n) is 2.27. The summed E-state index contributed by atoms with van der Waals surface area (Å²) in [4.78, 5) is 2.45.